The molecule has 1 aliphatic carbocycles. The Balaban J connectivity index is 2.00. The van der Waals surface area contributed by atoms with E-state index in [0.29, 0.717) is 0 Å². The molecule has 0 aromatic rings. The van der Waals surface area contributed by atoms with E-state index in [2.05, 4.69) is 31.3 Å². The lowest BCUT2D eigenvalue weighted by atomic mass is 9.78. The zero-order chi connectivity index (χ0) is 12.4. The molecule has 1 heterocycles. The van der Waals surface area contributed by atoms with Crippen molar-refractivity contribution in [3.8, 4) is 0 Å². The zero-order valence-electron chi connectivity index (χ0n) is 10.5. The van der Waals surface area contributed by atoms with E-state index in [4.69, 9.17) is 0 Å². The highest BCUT2D eigenvalue weighted by atomic mass is 16.2. The Hall–Kier alpha value is -1.38. The Morgan fingerprint density at radius 3 is 2.71 bits per heavy atom. The lowest BCUT2D eigenvalue weighted by Gasteiger charge is -2.23. The number of carbonyl (C=O) groups excluding carboxylic acids is 2. The second-order valence-electron chi connectivity index (χ2n) is 5.19. The van der Waals surface area contributed by atoms with Gasteiger partial charge in [0.05, 0.1) is 11.8 Å². The van der Waals surface area contributed by atoms with Gasteiger partial charge in [0.2, 0.25) is 11.8 Å². The summed E-state index contributed by atoms with van der Waals surface area (Å²) >= 11 is 0. The van der Waals surface area contributed by atoms with E-state index >= 15 is 0 Å². The van der Waals surface area contributed by atoms with Crippen LogP contribution in [0.2, 0.25) is 0 Å². The van der Waals surface area contributed by atoms with Crippen LogP contribution < -0.4 is 5.32 Å². The fourth-order valence-electron chi connectivity index (χ4n) is 2.61. The van der Waals surface area contributed by atoms with E-state index in [1.165, 1.54) is 11.1 Å². The number of nitrogens with one attached hydrogen (secondary N) is 1. The van der Waals surface area contributed by atoms with Gasteiger partial charge in [-0.2, -0.15) is 0 Å². The molecule has 0 aromatic heterocycles. The second-order valence-corrected chi connectivity index (χ2v) is 5.19. The molecule has 1 saturated heterocycles. The Morgan fingerprint density at radius 2 is 2.00 bits per heavy atom. The molecule has 2 amide bonds. The fourth-order valence-corrected chi connectivity index (χ4v) is 2.61. The molecule has 2 fully saturated rings. The van der Waals surface area contributed by atoms with E-state index in [0.717, 1.165) is 25.7 Å². The number of hydrogen-bond donors (Lipinski definition) is 1. The normalized spacial score (nSPS) is 30.1. The van der Waals surface area contributed by atoms with Crippen LogP contribution in [-0.4, -0.2) is 11.8 Å². The van der Waals surface area contributed by atoms with E-state index in [9.17, 15) is 9.59 Å². The molecule has 0 spiro atoms. The highest BCUT2D eigenvalue weighted by Gasteiger charge is 2.43. The van der Waals surface area contributed by atoms with Gasteiger partial charge in [0.15, 0.2) is 0 Å². The second kappa shape index (κ2) is 4.86. The summed E-state index contributed by atoms with van der Waals surface area (Å²) in [6, 6.07) is 0. The molecule has 0 bridgehead atoms. The lowest BCUT2D eigenvalue weighted by Crippen LogP contribution is -2.23. The molecule has 3 heteroatoms. The van der Waals surface area contributed by atoms with Crippen LogP contribution in [0.4, 0.5) is 0 Å². The highest BCUT2D eigenvalue weighted by molar-refractivity contribution is 6.05. The van der Waals surface area contributed by atoms with E-state index < -0.39 is 0 Å². The van der Waals surface area contributed by atoms with Crippen LogP contribution in [0.5, 0.6) is 0 Å². The Kier molecular flexibility index (Phi) is 3.46. The summed E-state index contributed by atoms with van der Waals surface area (Å²) in [5.41, 5.74) is 2.64. The number of amides is 2. The molecule has 92 valence electrons. The maximum absolute atomic E-state index is 11.6. The quantitative estimate of drug-likeness (QED) is 0.588. The van der Waals surface area contributed by atoms with Crippen LogP contribution in [0, 0.1) is 11.8 Å². The van der Waals surface area contributed by atoms with Crippen LogP contribution in [0.1, 0.15) is 39.5 Å². The van der Waals surface area contributed by atoms with Gasteiger partial charge in [0.1, 0.15) is 0 Å². The molecule has 2 rings (SSSR count). The first-order valence-corrected chi connectivity index (χ1v) is 6.24. The summed E-state index contributed by atoms with van der Waals surface area (Å²) in [6.45, 7) is 4.16. The Morgan fingerprint density at radius 1 is 1.29 bits per heavy atom. The monoisotopic (exact) mass is 233 g/mol. The minimum Gasteiger partial charge on any atom is -0.296 e. The maximum atomic E-state index is 11.6. The SMILES string of the molecule is CC(C)=CCC=C1CCC2C(=O)NC(=O)C2C1. The van der Waals surface area contributed by atoms with Gasteiger partial charge >= 0.3 is 0 Å². The van der Waals surface area contributed by atoms with Gasteiger partial charge in [-0.3, -0.25) is 14.9 Å². The molecule has 2 aliphatic rings. The summed E-state index contributed by atoms with van der Waals surface area (Å²) in [5, 5.41) is 2.44. The topological polar surface area (TPSA) is 46.2 Å². The summed E-state index contributed by atoms with van der Waals surface area (Å²) in [7, 11) is 0. The largest absolute Gasteiger partial charge is 0.296 e. The van der Waals surface area contributed by atoms with Crippen molar-refractivity contribution in [1.82, 2.24) is 5.32 Å². The van der Waals surface area contributed by atoms with Gasteiger partial charge in [-0.1, -0.05) is 23.3 Å². The lowest BCUT2D eigenvalue weighted by molar-refractivity contribution is -0.126. The molecule has 1 N–H and O–H groups in total. The molecule has 3 nitrogen and oxygen atoms in total. The van der Waals surface area contributed by atoms with Crippen LogP contribution in [0.3, 0.4) is 0 Å². The molecule has 1 saturated carbocycles. The van der Waals surface area contributed by atoms with Crippen LogP contribution >= 0.6 is 0 Å². The van der Waals surface area contributed by atoms with Gasteiger partial charge in [0.25, 0.3) is 0 Å². The summed E-state index contributed by atoms with van der Waals surface area (Å²) in [4.78, 5) is 23.0. The summed E-state index contributed by atoms with van der Waals surface area (Å²) < 4.78 is 0. The van der Waals surface area contributed by atoms with Crippen molar-refractivity contribution >= 4 is 11.8 Å². The minimum atomic E-state index is -0.103. The summed E-state index contributed by atoms with van der Waals surface area (Å²) in [6.07, 6.45) is 7.86. The van der Waals surface area contributed by atoms with Gasteiger partial charge in [-0.25, -0.2) is 0 Å². The van der Waals surface area contributed by atoms with Crippen molar-refractivity contribution in [2.75, 3.05) is 0 Å². The third-order valence-corrected chi connectivity index (χ3v) is 3.60. The molecule has 0 radical (unpaired) electrons. The highest BCUT2D eigenvalue weighted by Crippen LogP contribution is 2.37. The third kappa shape index (κ3) is 2.65. The first kappa shape index (κ1) is 12.1. The number of fused-ring (bicyclic) bond motifs is 1. The van der Waals surface area contributed by atoms with Gasteiger partial charge in [0, 0.05) is 0 Å². The van der Waals surface area contributed by atoms with Crippen molar-refractivity contribution < 1.29 is 9.59 Å². The van der Waals surface area contributed by atoms with Crippen molar-refractivity contribution in [3.05, 3.63) is 23.3 Å². The standard InChI is InChI=1S/C14H19NO2/c1-9(2)4-3-5-10-6-7-11-12(8-10)14(17)15-13(11)16/h4-5,11-12H,3,6-8H2,1-2H3,(H,15,16,17). The summed E-state index contributed by atoms with van der Waals surface area (Å²) in [5.74, 6) is -0.312. The molecule has 1 aliphatic heterocycles. The molecule has 17 heavy (non-hydrogen) atoms. The average molecular weight is 233 g/mol. The van der Waals surface area contributed by atoms with E-state index in [-0.39, 0.29) is 23.7 Å². The Labute approximate surface area is 102 Å². The van der Waals surface area contributed by atoms with Crippen molar-refractivity contribution in [2.45, 2.75) is 39.5 Å². The van der Waals surface area contributed by atoms with Crippen molar-refractivity contribution in [1.29, 1.82) is 0 Å². The van der Waals surface area contributed by atoms with Crippen LogP contribution in [-0.2, 0) is 9.59 Å². The molecule has 2 unspecified atom stereocenters. The Bertz CT molecular complexity index is 402. The van der Waals surface area contributed by atoms with Crippen LogP contribution in [0.15, 0.2) is 23.3 Å². The number of hydrogen-bond acceptors (Lipinski definition) is 2. The number of imide groups is 1. The first-order chi connectivity index (χ1) is 8.08. The number of rotatable bonds is 2. The van der Waals surface area contributed by atoms with Gasteiger partial charge < -0.3 is 0 Å². The van der Waals surface area contributed by atoms with Crippen molar-refractivity contribution in [2.24, 2.45) is 11.8 Å². The van der Waals surface area contributed by atoms with Gasteiger partial charge in [-0.15, -0.1) is 0 Å². The predicted octanol–water partition coefficient (Wildman–Crippen LogP) is 2.34. The fraction of sp³-hybridized carbons (Fsp3) is 0.571. The first-order valence-electron chi connectivity index (χ1n) is 6.24. The number of allylic oxidation sites excluding steroid dienone is 4. The predicted molar refractivity (Wildman–Crippen MR) is 66.1 cm³/mol. The zero-order valence-corrected chi connectivity index (χ0v) is 10.5. The number of carbonyl (C=O) groups is 2. The maximum Gasteiger partial charge on any atom is 0.230 e. The molecular weight excluding hydrogens is 214 g/mol. The molecule has 0 aromatic carbocycles. The van der Waals surface area contributed by atoms with Crippen molar-refractivity contribution in [3.63, 3.8) is 0 Å². The van der Waals surface area contributed by atoms with E-state index in [1.807, 2.05) is 0 Å². The molecule has 2 atom stereocenters. The van der Waals surface area contributed by atoms with E-state index in [1.54, 1.807) is 0 Å². The minimum absolute atomic E-state index is 0.0663. The average Bonchev–Trinajstić information content (AvgIpc) is 2.54. The molecular formula is C14H19NO2. The van der Waals surface area contributed by atoms with Crippen LogP contribution in [0.25, 0.3) is 0 Å². The third-order valence-electron chi connectivity index (χ3n) is 3.60. The smallest absolute Gasteiger partial charge is 0.230 e. The van der Waals surface area contributed by atoms with Gasteiger partial charge in [-0.05, 0) is 39.5 Å².